The third kappa shape index (κ3) is 3.47. The van der Waals surface area contributed by atoms with Crippen molar-refractivity contribution in [2.24, 2.45) is 0 Å². The number of rotatable bonds is 6. The number of benzene rings is 1. The van der Waals surface area contributed by atoms with E-state index in [1.54, 1.807) is 0 Å². The molecule has 1 saturated heterocycles. The molecular weight excluding hydrogens is 226 g/mol. The fourth-order valence-corrected chi connectivity index (χ4v) is 2.40. The monoisotopic (exact) mass is 249 g/mol. The highest BCUT2D eigenvalue weighted by Crippen LogP contribution is 2.26. The van der Waals surface area contributed by atoms with Gasteiger partial charge in [0, 0.05) is 12.1 Å². The van der Waals surface area contributed by atoms with Gasteiger partial charge >= 0.3 is 0 Å². The summed E-state index contributed by atoms with van der Waals surface area (Å²) in [7, 11) is 0. The molecule has 0 bridgehead atoms. The second-order valence-electron chi connectivity index (χ2n) is 4.86. The van der Waals surface area contributed by atoms with E-state index in [0.717, 1.165) is 17.9 Å². The first kappa shape index (κ1) is 13.4. The Hall–Kier alpha value is -1.06. The average molecular weight is 249 g/mol. The number of nitrogens with zero attached hydrogens (tertiary/aromatic N) is 1. The number of hydrogen-bond acceptors (Lipinski definition) is 3. The second-order valence-corrected chi connectivity index (χ2v) is 4.86. The van der Waals surface area contributed by atoms with Crippen LogP contribution in [0.25, 0.3) is 0 Å². The Morgan fingerprint density at radius 2 is 2.00 bits per heavy atom. The van der Waals surface area contributed by atoms with E-state index in [0.29, 0.717) is 13.0 Å². The molecule has 1 aromatic carbocycles. The summed E-state index contributed by atoms with van der Waals surface area (Å²) in [5.74, 6) is 0.825. The summed E-state index contributed by atoms with van der Waals surface area (Å²) < 4.78 is 5.82. The Bertz CT molecular complexity index is 361. The molecule has 0 radical (unpaired) electrons. The number of ether oxygens (including phenoxy) is 1. The van der Waals surface area contributed by atoms with Crippen LogP contribution >= 0.6 is 0 Å². The van der Waals surface area contributed by atoms with E-state index in [4.69, 9.17) is 4.74 Å². The minimum absolute atomic E-state index is 0.423. The molecule has 100 valence electrons. The first-order valence-corrected chi connectivity index (χ1v) is 6.93. The van der Waals surface area contributed by atoms with E-state index >= 15 is 0 Å². The zero-order valence-corrected chi connectivity index (χ0v) is 11.1. The van der Waals surface area contributed by atoms with Crippen molar-refractivity contribution in [2.45, 2.75) is 32.3 Å². The molecular formula is C15H23NO2. The summed E-state index contributed by atoms with van der Waals surface area (Å²) in [6.45, 7) is 6.06. The lowest BCUT2D eigenvalue weighted by Gasteiger charge is -2.18. The maximum absolute atomic E-state index is 9.93. The molecule has 0 saturated carbocycles. The van der Waals surface area contributed by atoms with Gasteiger partial charge in [-0.25, -0.2) is 0 Å². The van der Waals surface area contributed by atoms with Gasteiger partial charge in [0.1, 0.15) is 12.4 Å². The van der Waals surface area contributed by atoms with Crippen molar-refractivity contribution in [1.82, 2.24) is 4.90 Å². The molecule has 1 aliphatic heterocycles. The van der Waals surface area contributed by atoms with E-state index in [1.807, 2.05) is 31.2 Å². The highest BCUT2D eigenvalue weighted by atomic mass is 16.5. The van der Waals surface area contributed by atoms with Crippen LogP contribution in [0.5, 0.6) is 5.75 Å². The lowest BCUT2D eigenvalue weighted by Crippen LogP contribution is -2.25. The lowest BCUT2D eigenvalue weighted by atomic mass is 10.1. The van der Waals surface area contributed by atoms with Gasteiger partial charge < -0.3 is 9.84 Å². The van der Waals surface area contributed by atoms with Gasteiger partial charge in [-0.1, -0.05) is 25.1 Å². The van der Waals surface area contributed by atoms with Crippen molar-refractivity contribution in [3.63, 3.8) is 0 Å². The predicted octanol–water partition coefficient (Wildman–Crippen LogP) is 2.60. The summed E-state index contributed by atoms with van der Waals surface area (Å²) >= 11 is 0. The van der Waals surface area contributed by atoms with Crippen LogP contribution in [-0.4, -0.2) is 36.2 Å². The quantitative estimate of drug-likeness (QED) is 0.841. The predicted molar refractivity (Wildman–Crippen MR) is 72.9 cm³/mol. The standard InChI is InChI=1S/C15H23NO2/c1-2-14(17)13-7-3-4-8-15(13)18-12-11-16-9-5-6-10-16/h3-4,7-8,14,17H,2,5-6,9-12H2,1H3/t14-/m0/s1. The van der Waals surface area contributed by atoms with Crippen molar-refractivity contribution in [1.29, 1.82) is 0 Å². The Balaban J connectivity index is 1.87. The van der Waals surface area contributed by atoms with E-state index < -0.39 is 6.10 Å². The third-order valence-corrected chi connectivity index (χ3v) is 3.53. The Morgan fingerprint density at radius 1 is 1.28 bits per heavy atom. The van der Waals surface area contributed by atoms with Gasteiger partial charge in [-0.3, -0.25) is 4.90 Å². The van der Waals surface area contributed by atoms with Gasteiger partial charge in [-0.2, -0.15) is 0 Å². The van der Waals surface area contributed by atoms with Gasteiger partial charge in [0.2, 0.25) is 0 Å². The summed E-state index contributed by atoms with van der Waals surface area (Å²) in [5, 5.41) is 9.93. The number of aliphatic hydroxyl groups is 1. The van der Waals surface area contributed by atoms with Crippen LogP contribution in [0.4, 0.5) is 0 Å². The van der Waals surface area contributed by atoms with Crippen molar-refractivity contribution in [2.75, 3.05) is 26.2 Å². The van der Waals surface area contributed by atoms with Crippen LogP contribution < -0.4 is 4.74 Å². The number of likely N-dealkylation sites (tertiary alicyclic amines) is 1. The maximum Gasteiger partial charge on any atom is 0.125 e. The molecule has 3 nitrogen and oxygen atoms in total. The minimum Gasteiger partial charge on any atom is -0.492 e. The normalized spacial score (nSPS) is 17.9. The third-order valence-electron chi connectivity index (χ3n) is 3.53. The number of aliphatic hydroxyl groups excluding tert-OH is 1. The van der Waals surface area contributed by atoms with Gasteiger partial charge in [0.05, 0.1) is 6.10 Å². The van der Waals surface area contributed by atoms with E-state index in [9.17, 15) is 5.11 Å². The topological polar surface area (TPSA) is 32.7 Å². The van der Waals surface area contributed by atoms with Crippen molar-refractivity contribution in [3.05, 3.63) is 29.8 Å². The van der Waals surface area contributed by atoms with Crippen LogP contribution in [0.2, 0.25) is 0 Å². The molecule has 0 spiro atoms. The molecule has 1 aliphatic rings. The summed E-state index contributed by atoms with van der Waals surface area (Å²) in [6.07, 6.45) is 2.91. The van der Waals surface area contributed by atoms with Crippen LogP contribution in [-0.2, 0) is 0 Å². The van der Waals surface area contributed by atoms with Crippen molar-refractivity contribution < 1.29 is 9.84 Å². The molecule has 1 N–H and O–H groups in total. The fourth-order valence-electron chi connectivity index (χ4n) is 2.40. The molecule has 1 atom stereocenters. The zero-order valence-electron chi connectivity index (χ0n) is 11.1. The highest BCUT2D eigenvalue weighted by Gasteiger charge is 2.13. The van der Waals surface area contributed by atoms with Gasteiger partial charge in [0.15, 0.2) is 0 Å². The van der Waals surface area contributed by atoms with Gasteiger partial charge in [0.25, 0.3) is 0 Å². The largest absolute Gasteiger partial charge is 0.492 e. The Labute approximate surface area is 109 Å². The molecule has 1 aromatic rings. The number of hydrogen-bond donors (Lipinski definition) is 1. The van der Waals surface area contributed by atoms with E-state index in [-0.39, 0.29) is 0 Å². The van der Waals surface area contributed by atoms with Crippen LogP contribution in [0, 0.1) is 0 Å². The van der Waals surface area contributed by atoms with Gasteiger partial charge in [-0.15, -0.1) is 0 Å². The zero-order chi connectivity index (χ0) is 12.8. The molecule has 0 aromatic heterocycles. The first-order chi connectivity index (χ1) is 8.81. The van der Waals surface area contributed by atoms with Crippen LogP contribution in [0.3, 0.4) is 0 Å². The molecule has 1 fully saturated rings. The summed E-state index contributed by atoms with van der Waals surface area (Å²) in [4.78, 5) is 2.43. The highest BCUT2D eigenvalue weighted by molar-refractivity contribution is 5.34. The second kappa shape index (κ2) is 6.76. The van der Waals surface area contributed by atoms with E-state index in [2.05, 4.69) is 4.90 Å². The van der Waals surface area contributed by atoms with Crippen molar-refractivity contribution in [3.8, 4) is 5.75 Å². The van der Waals surface area contributed by atoms with Crippen molar-refractivity contribution >= 4 is 0 Å². The molecule has 0 unspecified atom stereocenters. The average Bonchev–Trinajstić information content (AvgIpc) is 2.92. The van der Waals surface area contributed by atoms with E-state index in [1.165, 1.54) is 25.9 Å². The molecule has 18 heavy (non-hydrogen) atoms. The van der Waals surface area contributed by atoms with Crippen LogP contribution in [0.1, 0.15) is 37.9 Å². The summed E-state index contributed by atoms with van der Waals surface area (Å²) in [6, 6.07) is 7.79. The Kier molecular flexibility index (Phi) is 5.02. The first-order valence-electron chi connectivity index (χ1n) is 6.93. The fraction of sp³-hybridized carbons (Fsp3) is 0.600. The van der Waals surface area contributed by atoms with Crippen LogP contribution in [0.15, 0.2) is 24.3 Å². The molecule has 0 amide bonds. The Morgan fingerprint density at radius 3 is 2.72 bits per heavy atom. The van der Waals surface area contributed by atoms with Gasteiger partial charge in [-0.05, 0) is 38.4 Å². The maximum atomic E-state index is 9.93. The SMILES string of the molecule is CC[C@H](O)c1ccccc1OCCN1CCCC1. The molecule has 1 heterocycles. The molecule has 3 heteroatoms. The lowest BCUT2D eigenvalue weighted by molar-refractivity contribution is 0.164. The molecule has 2 rings (SSSR count). The minimum atomic E-state index is -0.423. The summed E-state index contributed by atoms with van der Waals surface area (Å²) in [5.41, 5.74) is 0.904. The number of para-hydroxylation sites is 1. The molecule has 0 aliphatic carbocycles. The smallest absolute Gasteiger partial charge is 0.125 e.